The molecule has 1 heterocycles. The Morgan fingerprint density at radius 2 is 2.06 bits per heavy atom. The number of nitrogens with zero attached hydrogens (tertiary/aromatic N) is 2. The molecule has 6 heteroatoms. The number of hydrogen-bond donors (Lipinski definition) is 0. The van der Waals surface area contributed by atoms with Crippen molar-refractivity contribution in [2.24, 2.45) is 0 Å². The summed E-state index contributed by atoms with van der Waals surface area (Å²) in [6, 6.07) is 4.26. The highest BCUT2D eigenvalue weighted by Crippen LogP contribution is 2.33. The molecule has 0 bridgehead atoms. The quantitative estimate of drug-likeness (QED) is 0.776. The van der Waals surface area contributed by atoms with Crippen LogP contribution in [0, 0.1) is 0 Å². The lowest BCUT2D eigenvalue weighted by atomic mass is 10.3. The first kappa shape index (κ1) is 12.5. The van der Waals surface area contributed by atoms with Crippen LogP contribution in [0.1, 0.15) is 18.5 Å². The van der Waals surface area contributed by atoms with E-state index in [4.69, 9.17) is 11.6 Å². The van der Waals surface area contributed by atoms with Crippen molar-refractivity contribution in [3.63, 3.8) is 0 Å². The average Bonchev–Trinajstić information content (AvgIpc) is 3.09. The fraction of sp³-hybridized carbons (Fsp3) is 0.545. The van der Waals surface area contributed by atoms with Gasteiger partial charge in [-0.1, -0.05) is 6.07 Å². The number of anilines is 1. The van der Waals surface area contributed by atoms with Crippen LogP contribution in [0.2, 0.25) is 0 Å². The summed E-state index contributed by atoms with van der Waals surface area (Å²) in [5.41, 5.74) is -0.852. The second-order valence-corrected chi connectivity index (χ2v) is 4.37. The summed E-state index contributed by atoms with van der Waals surface area (Å²) in [4.78, 5) is 5.52. The minimum absolute atomic E-state index is 0.296. The van der Waals surface area contributed by atoms with Crippen LogP contribution in [0.4, 0.5) is 19.0 Å². The molecule has 2 nitrogen and oxygen atoms in total. The number of rotatable bonds is 4. The zero-order valence-electron chi connectivity index (χ0n) is 9.04. The van der Waals surface area contributed by atoms with Crippen LogP contribution < -0.4 is 4.90 Å². The first-order valence-electron chi connectivity index (χ1n) is 5.39. The molecule has 94 valence electrons. The van der Waals surface area contributed by atoms with Gasteiger partial charge in [0, 0.05) is 18.5 Å². The predicted molar refractivity (Wildman–Crippen MR) is 60.3 cm³/mol. The normalized spacial score (nSPS) is 16.0. The smallest absolute Gasteiger partial charge is 0.352 e. The molecular formula is C11H12ClF3N2. The third kappa shape index (κ3) is 3.03. The van der Waals surface area contributed by atoms with Crippen molar-refractivity contribution in [2.45, 2.75) is 25.1 Å². The molecule has 0 spiro atoms. The van der Waals surface area contributed by atoms with Crippen molar-refractivity contribution >= 4 is 17.4 Å². The molecule has 0 aromatic carbocycles. The number of aromatic nitrogens is 1. The SMILES string of the molecule is FC(F)(F)c1cccc(N(CCCl)C2CC2)n1. The fourth-order valence-electron chi connectivity index (χ4n) is 1.70. The number of alkyl halides is 4. The van der Waals surface area contributed by atoms with Gasteiger partial charge < -0.3 is 4.90 Å². The van der Waals surface area contributed by atoms with Gasteiger partial charge in [0.05, 0.1) is 0 Å². The molecule has 0 unspecified atom stereocenters. The zero-order chi connectivity index (χ0) is 12.5. The van der Waals surface area contributed by atoms with Gasteiger partial charge in [-0.3, -0.25) is 0 Å². The minimum atomic E-state index is -4.40. The van der Waals surface area contributed by atoms with Gasteiger partial charge >= 0.3 is 6.18 Å². The minimum Gasteiger partial charge on any atom is -0.352 e. The fourth-order valence-corrected chi connectivity index (χ4v) is 1.88. The van der Waals surface area contributed by atoms with Crippen molar-refractivity contribution < 1.29 is 13.2 Å². The van der Waals surface area contributed by atoms with Gasteiger partial charge in [0.2, 0.25) is 0 Å². The van der Waals surface area contributed by atoms with Crippen LogP contribution in [0.15, 0.2) is 18.2 Å². The summed E-state index contributed by atoms with van der Waals surface area (Å²) >= 11 is 5.66. The monoisotopic (exact) mass is 264 g/mol. The van der Waals surface area contributed by atoms with Crippen LogP contribution in [-0.4, -0.2) is 23.5 Å². The molecule has 0 saturated heterocycles. The zero-order valence-corrected chi connectivity index (χ0v) is 9.80. The second kappa shape index (κ2) is 4.72. The van der Waals surface area contributed by atoms with Crippen LogP contribution >= 0.6 is 11.6 Å². The molecule has 17 heavy (non-hydrogen) atoms. The molecule has 1 aromatic heterocycles. The first-order valence-corrected chi connectivity index (χ1v) is 5.92. The van der Waals surface area contributed by atoms with E-state index in [1.54, 1.807) is 6.07 Å². The van der Waals surface area contributed by atoms with Gasteiger partial charge in [-0.2, -0.15) is 13.2 Å². The summed E-state index contributed by atoms with van der Waals surface area (Å²) < 4.78 is 37.6. The van der Waals surface area contributed by atoms with Crippen molar-refractivity contribution in [3.8, 4) is 0 Å². The van der Waals surface area contributed by atoms with Crippen LogP contribution in [0.25, 0.3) is 0 Å². The molecule has 0 aliphatic heterocycles. The van der Waals surface area contributed by atoms with Crippen LogP contribution in [0.5, 0.6) is 0 Å². The predicted octanol–water partition coefficient (Wildman–Crippen LogP) is 3.31. The van der Waals surface area contributed by atoms with Gasteiger partial charge in [0.15, 0.2) is 0 Å². The highest BCUT2D eigenvalue weighted by molar-refractivity contribution is 6.18. The second-order valence-electron chi connectivity index (χ2n) is 3.99. The Morgan fingerprint density at radius 3 is 2.59 bits per heavy atom. The average molecular weight is 265 g/mol. The van der Waals surface area contributed by atoms with Crippen molar-refractivity contribution in [1.29, 1.82) is 0 Å². The molecular weight excluding hydrogens is 253 g/mol. The van der Waals surface area contributed by atoms with E-state index in [-0.39, 0.29) is 0 Å². The molecule has 0 radical (unpaired) electrons. The topological polar surface area (TPSA) is 16.1 Å². The van der Waals surface area contributed by atoms with Crippen molar-refractivity contribution in [3.05, 3.63) is 23.9 Å². The number of hydrogen-bond acceptors (Lipinski definition) is 2. The Morgan fingerprint density at radius 1 is 1.35 bits per heavy atom. The Labute approximate surface area is 102 Å². The Hall–Kier alpha value is -0.970. The first-order chi connectivity index (χ1) is 8.02. The molecule has 1 fully saturated rings. The highest BCUT2D eigenvalue weighted by Gasteiger charge is 2.34. The van der Waals surface area contributed by atoms with E-state index in [0.717, 1.165) is 18.9 Å². The summed E-state index contributed by atoms with van der Waals surface area (Å²) in [6.07, 6.45) is -2.41. The summed E-state index contributed by atoms with van der Waals surface area (Å²) in [7, 11) is 0. The maximum absolute atomic E-state index is 12.5. The van der Waals surface area contributed by atoms with Gasteiger partial charge in [-0.05, 0) is 25.0 Å². The van der Waals surface area contributed by atoms with E-state index in [1.807, 2.05) is 4.90 Å². The lowest BCUT2D eigenvalue weighted by Crippen LogP contribution is -2.29. The largest absolute Gasteiger partial charge is 0.433 e. The molecule has 0 N–H and O–H groups in total. The molecule has 1 saturated carbocycles. The van der Waals surface area contributed by atoms with Gasteiger partial charge in [-0.15, -0.1) is 11.6 Å². The van der Waals surface area contributed by atoms with E-state index < -0.39 is 11.9 Å². The molecule has 0 atom stereocenters. The third-order valence-corrected chi connectivity index (χ3v) is 2.80. The number of halogens is 4. The summed E-state index contributed by atoms with van der Waals surface area (Å²) in [5.74, 6) is 0.747. The van der Waals surface area contributed by atoms with E-state index in [1.165, 1.54) is 6.07 Å². The van der Waals surface area contributed by atoms with Gasteiger partial charge in [0.1, 0.15) is 11.5 Å². The summed E-state index contributed by atoms with van der Waals surface area (Å²) in [6.45, 7) is 0.528. The molecule has 1 aliphatic carbocycles. The lowest BCUT2D eigenvalue weighted by molar-refractivity contribution is -0.141. The molecule has 0 amide bonds. The standard InChI is InChI=1S/C11H12ClF3N2/c12-6-7-17(8-4-5-8)10-3-1-2-9(16-10)11(13,14)15/h1-3,8H,4-7H2. The van der Waals surface area contributed by atoms with Gasteiger partial charge in [-0.25, -0.2) is 4.98 Å². The van der Waals surface area contributed by atoms with Crippen molar-refractivity contribution in [2.75, 3.05) is 17.3 Å². The van der Waals surface area contributed by atoms with Gasteiger partial charge in [0.25, 0.3) is 0 Å². The number of pyridine rings is 1. The van der Waals surface area contributed by atoms with E-state index >= 15 is 0 Å². The Bertz CT molecular complexity index is 391. The Balaban J connectivity index is 2.24. The third-order valence-electron chi connectivity index (χ3n) is 2.63. The van der Waals surface area contributed by atoms with E-state index in [2.05, 4.69) is 4.98 Å². The van der Waals surface area contributed by atoms with Crippen molar-refractivity contribution in [1.82, 2.24) is 4.98 Å². The maximum Gasteiger partial charge on any atom is 0.433 e. The van der Waals surface area contributed by atoms with Crippen LogP contribution in [0.3, 0.4) is 0 Å². The van der Waals surface area contributed by atoms with E-state index in [9.17, 15) is 13.2 Å². The van der Waals surface area contributed by atoms with E-state index in [0.29, 0.717) is 24.3 Å². The highest BCUT2D eigenvalue weighted by atomic mass is 35.5. The molecule has 2 rings (SSSR count). The Kier molecular flexibility index (Phi) is 3.47. The molecule has 1 aromatic rings. The van der Waals surface area contributed by atoms with Crippen LogP contribution in [-0.2, 0) is 6.18 Å². The summed E-state index contributed by atoms with van der Waals surface area (Å²) in [5, 5.41) is 0. The molecule has 1 aliphatic rings. The lowest BCUT2D eigenvalue weighted by Gasteiger charge is -2.23. The maximum atomic E-state index is 12.5.